The van der Waals surface area contributed by atoms with Crippen molar-refractivity contribution in [1.29, 1.82) is 0 Å². The number of nitrogens with zero attached hydrogens (tertiary/aromatic N) is 6. The molecule has 4 rings (SSSR count). The molecule has 0 atom stereocenters. The number of hydrogen-bond acceptors (Lipinski definition) is 9. The zero-order chi connectivity index (χ0) is 21.6. The van der Waals surface area contributed by atoms with Gasteiger partial charge >= 0.3 is 0 Å². The molecule has 0 radical (unpaired) electrons. The van der Waals surface area contributed by atoms with Gasteiger partial charge in [-0.1, -0.05) is 41.7 Å². The quantitative estimate of drug-likeness (QED) is 0.447. The molecule has 0 bridgehead atoms. The van der Waals surface area contributed by atoms with E-state index >= 15 is 0 Å². The minimum atomic E-state index is -0.317. The normalized spacial score (nSPS) is 10.6. The minimum absolute atomic E-state index is 0.0962. The molecule has 1 N–H and O–H groups in total. The minimum Gasteiger partial charge on any atom is -0.493 e. The first kappa shape index (κ1) is 20.4. The predicted octanol–water partition coefficient (Wildman–Crippen LogP) is 2.73. The molecule has 11 heteroatoms. The van der Waals surface area contributed by atoms with Gasteiger partial charge in [0.1, 0.15) is 18.2 Å². The Morgan fingerprint density at radius 1 is 1.10 bits per heavy atom. The smallest absolute Gasteiger partial charge is 0.249 e. The van der Waals surface area contributed by atoms with Crippen LogP contribution in [0.15, 0.2) is 48.5 Å². The molecule has 2 aromatic heterocycles. The Labute approximate surface area is 181 Å². The summed E-state index contributed by atoms with van der Waals surface area (Å²) in [7, 11) is 1.57. The lowest BCUT2D eigenvalue weighted by atomic mass is 10.2. The number of aromatic nitrogens is 6. The molecule has 4 aromatic rings. The molecule has 0 spiro atoms. The summed E-state index contributed by atoms with van der Waals surface area (Å²) >= 11 is 1.29. The fourth-order valence-electron chi connectivity index (χ4n) is 2.72. The van der Waals surface area contributed by atoms with Crippen molar-refractivity contribution in [2.45, 2.75) is 20.1 Å². The summed E-state index contributed by atoms with van der Waals surface area (Å²) in [5, 5.41) is 23.8. The van der Waals surface area contributed by atoms with Gasteiger partial charge < -0.3 is 9.47 Å². The van der Waals surface area contributed by atoms with E-state index in [2.05, 4.69) is 30.9 Å². The Kier molecular flexibility index (Phi) is 6.13. The Hall–Kier alpha value is -3.86. The maximum Gasteiger partial charge on any atom is 0.249 e. The second-order valence-electron chi connectivity index (χ2n) is 6.46. The molecule has 0 fully saturated rings. The van der Waals surface area contributed by atoms with Crippen LogP contribution in [-0.2, 0) is 17.9 Å². The van der Waals surface area contributed by atoms with Crippen molar-refractivity contribution in [2.24, 2.45) is 0 Å². The first-order valence-electron chi connectivity index (χ1n) is 9.33. The topological polar surface area (TPSA) is 117 Å². The largest absolute Gasteiger partial charge is 0.493 e. The molecule has 10 nitrogen and oxygen atoms in total. The van der Waals surface area contributed by atoms with E-state index < -0.39 is 0 Å². The molecule has 0 saturated carbocycles. The Morgan fingerprint density at radius 3 is 2.68 bits per heavy atom. The number of aryl methyl sites for hydroxylation is 1. The van der Waals surface area contributed by atoms with Crippen LogP contribution in [0.5, 0.6) is 11.5 Å². The number of benzene rings is 2. The van der Waals surface area contributed by atoms with Crippen LogP contribution in [0.25, 0.3) is 11.4 Å². The molecule has 31 heavy (non-hydrogen) atoms. The number of tetrazole rings is 1. The zero-order valence-electron chi connectivity index (χ0n) is 16.8. The highest BCUT2D eigenvalue weighted by atomic mass is 32.1. The lowest BCUT2D eigenvalue weighted by Crippen LogP contribution is -2.20. The number of methoxy groups -OCH3 is 1. The lowest BCUT2D eigenvalue weighted by Gasteiger charge is -2.11. The van der Waals surface area contributed by atoms with E-state index in [-0.39, 0.29) is 12.5 Å². The number of anilines is 1. The second kappa shape index (κ2) is 9.30. The molecule has 158 valence electrons. The van der Waals surface area contributed by atoms with Crippen LogP contribution in [0.4, 0.5) is 5.13 Å². The first-order chi connectivity index (χ1) is 15.1. The van der Waals surface area contributed by atoms with E-state index in [0.29, 0.717) is 34.6 Å². The Balaban J connectivity index is 1.42. The van der Waals surface area contributed by atoms with Gasteiger partial charge in [0.25, 0.3) is 0 Å². The second-order valence-corrected chi connectivity index (χ2v) is 7.64. The number of nitrogens with one attached hydrogen (secondary N) is 1. The maximum absolute atomic E-state index is 12.1. The third-order valence-corrected chi connectivity index (χ3v) is 4.92. The van der Waals surface area contributed by atoms with Gasteiger partial charge in [-0.3, -0.25) is 10.1 Å². The Morgan fingerprint density at radius 2 is 1.94 bits per heavy atom. The van der Waals surface area contributed by atoms with Crippen molar-refractivity contribution in [3.05, 3.63) is 59.1 Å². The summed E-state index contributed by atoms with van der Waals surface area (Å²) in [6, 6.07) is 15.2. The summed E-state index contributed by atoms with van der Waals surface area (Å²) in [5.74, 6) is 1.21. The summed E-state index contributed by atoms with van der Waals surface area (Å²) in [5.41, 5.74) is 1.75. The molecule has 1 amide bonds. The van der Waals surface area contributed by atoms with Crippen molar-refractivity contribution in [3.8, 4) is 22.9 Å². The van der Waals surface area contributed by atoms with Gasteiger partial charge in [0, 0.05) is 5.56 Å². The van der Waals surface area contributed by atoms with Crippen molar-refractivity contribution >= 4 is 22.4 Å². The van der Waals surface area contributed by atoms with E-state index in [1.807, 2.05) is 43.3 Å². The maximum atomic E-state index is 12.1. The molecule has 0 saturated heterocycles. The molecule has 0 unspecified atom stereocenters. The van der Waals surface area contributed by atoms with E-state index in [4.69, 9.17) is 9.47 Å². The van der Waals surface area contributed by atoms with Crippen LogP contribution in [-0.4, -0.2) is 43.4 Å². The molecular weight excluding hydrogens is 418 g/mol. The Bertz CT molecular complexity index is 1180. The summed E-state index contributed by atoms with van der Waals surface area (Å²) in [6.45, 7) is 2.14. The van der Waals surface area contributed by atoms with Crippen LogP contribution < -0.4 is 14.8 Å². The highest BCUT2D eigenvalue weighted by Crippen LogP contribution is 2.31. The van der Waals surface area contributed by atoms with Crippen molar-refractivity contribution < 1.29 is 14.3 Å². The summed E-state index contributed by atoms with van der Waals surface area (Å²) in [4.78, 5) is 13.3. The molecule has 2 heterocycles. The monoisotopic (exact) mass is 437 g/mol. The highest BCUT2D eigenvalue weighted by molar-refractivity contribution is 7.15. The molecule has 2 aromatic carbocycles. The van der Waals surface area contributed by atoms with Gasteiger partial charge in [-0.05, 0) is 35.9 Å². The molecule has 0 aliphatic heterocycles. The average Bonchev–Trinajstić information content (AvgIpc) is 3.41. The van der Waals surface area contributed by atoms with Crippen molar-refractivity contribution in [3.63, 3.8) is 0 Å². The van der Waals surface area contributed by atoms with Crippen LogP contribution in [0.3, 0.4) is 0 Å². The molecular formula is C20H19N7O3S. The zero-order valence-corrected chi connectivity index (χ0v) is 17.7. The van der Waals surface area contributed by atoms with Gasteiger partial charge in [-0.25, -0.2) is 0 Å². The molecule has 0 aliphatic rings. The van der Waals surface area contributed by atoms with Gasteiger partial charge in [0.15, 0.2) is 11.5 Å². The highest BCUT2D eigenvalue weighted by Gasteiger charge is 2.14. The van der Waals surface area contributed by atoms with Crippen LogP contribution >= 0.6 is 11.3 Å². The third-order valence-electron chi connectivity index (χ3n) is 4.17. The van der Waals surface area contributed by atoms with E-state index in [1.165, 1.54) is 16.1 Å². The third kappa shape index (κ3) is 5.20. The fourth-order valence-corrected chi connectivity index (χ4v) is 3.33. The van der Waals surface area contributed by atoms with Gasteiger partial charge in [-0.2, -0.15) is 4.80 Å². The van der Waals surface area contributed by atoms with Crippen molar-refractivity contribution in [2.75, 3.05) is 12.4 Å². The number of ether oxygens (including phenoxy) is 2. The van der Waals surface area contributed by atoms with Crippen LogP contribution in [0.1, 0.15) is 10.6 Å². The van der Waals surface area contributed by atoms with Crippen LogP contribution in [0, 0.1) is 6.92 Å². The lowest BCUT2D eigenvalue weighted by molar-refractivity contribution is -0.117. The fraction of sp³-hybridized carbons (Fsp3) is 0.200. The number of amides is 1. The number of hydrogen-bond donors (Lipinski definition) is 1. The standard InChI is InChI=1S/C20H19N7O3S/c1-13-22-24-20(31-13)21-18(28)11-27-25-19(23-26-27)15-8-9-16(17(10-15)29-2)30-12-14-6-4-3-5-7-14/h3-10H,11-12H2,1-2H3,(H,21,24,28). The van der Waals surface area contributed by atoms with Crippen LogP contribution in [0.2, 0.25) is 0 Å². The predicted molar refractivity (Wildman–Crippen MR) is 114 cm³/mol. The first-order valence-corrected chi connectivity index (χ1v) is 10.2. The molecule has 0 aliphatic carbocycles. The van der Waals surface area contributed by atoms with Gasteiger partial charge in [0.2, 0.25) is 16.9 Å². The van der Waals surface area contributed by atoms with E-state index in [0.717, 1.165) is 10.6 Å². The summed E-state index contributed by atoms with van der Waals surface area (Å²) < 4.78 is 11.3. The summed E-state index contributed by atoms with van der Waals surface area (Å²) in [6.07, 6.45) is 0. The SMILES string of the molecule is COc1cc(-c2nnn(CC(=O)Nc3nnc(C)s3)n2)ccc1OCc1ccccc1. The van der Waals surface area contributed by atoms with Gasteiger partial charge in [-0.15, -0.1) is 20.4 Å². The van der Waals surface area contributed by atoms with E-state index in [9.17, 15) is 4.79 Å². The van der Waals surface area contributed by atoms with Gasteiger partial charge in [0.05, 0.1) is 7.11 Å². The average molecular weight is 437 g/mol. The number of rotatable bonds is 8. The van der Waals surface area contributed by atoms with E-state index in [1.54, 1.807) is 19.2 Å². The number of carbonyl (C=O) groups excluding carboxylic acids is 1. The van der Waals surface area contributed by atoms with Crippen molar-refractivity contribution in [1.82, 2.24) is 30.4 Å². The number of carbonyl (C=O) groups is 1.